The molecule has 17 heavy (non-hydrogen) atoms. The summed E-state index contributed by atoms with van der Waals surface area (Å²) < 4.78 is 0. The Morgan fingerprint density at radius 3 is 2.76 bits per heavy atom. The van der Waals surface area contributed by atoms with Crippen LogP contribution in [0.3, 0.4) is 0 Å². The number of nitrogens with zero attached hydrogens (tertiary/aromatic N) is 2. The minimum absolute atomic E-state index is 0.0689. The zero-order valence-electron chi connectivity index (χ0n) is 8.68. The second-order valence-electron chi connectivity index (χ2n) is 3.10. The second kappa shape index (κ2) is 5.83. The van der Waals surface area contributed by atoms with Gasteiger partial charge < -0.3 is 5.32 Å². The number of hydrogen-bond acceptors (Lipinski definition) is 4. The van der Waals surface area contributed by atoms with Crippen LogP contribution in [0.15, 0.2) is 40.6 Å². The summed E-state index contributed by atoms with van der Waals surface area (Å²) in [5.41, 5.74) is 0.774. The lowest BCUT2D eigenvalue weighted by molar-refractivity contribution is -0.113. The number of carbonyl (C=O) groups is 1. The molecule has 0 aliphatic heterocycles. The molecule has 1 aromatic heterocycles. The number of anilines is 1. The average Bonchev–Trinajstić information content (AvgIpc) is 2.84. The third-order valence-electron chi connectivity index (χ3n) is 1.87. The zero-order valence-corrected chi connectivity index (χ0v) is 11.1. The Balaban J connectivity index is 2.00. The Kier molecular flexibility index (Phi) is 4.16. The van der Waals surface area contributed by atoms with Gasteiger partial charge in [-0.05, 0) is 24.3 Å². The molecule has 0 unspecified atom stereocenters. The summed E-state index contributed by atoms with van der Waals surface area (Å²) in [6.45, 7) is 0. The maximum Gasteiger partial charge on any atom is 0.235 e. The third kappa shape index (κ3) is 3.57. The van der Waals surface area contributed by atoms with E-state index in [9.17, 15) is 4.79 Å². The van der Waals surface area contributed by atoms with Crippen LogP contribution < -0.4 is 5.32 Å². The maximum atomic E-state index is 11.1. The number of benzene rings is 1. The first kappa shape index (κ1) is 12.1. The van der Waals surface area contributed by atoms with E-state index in [0.29, 0.717) is 5.33 Å². The molecule has 1 amide bonds. The SMILES string of the molecule is O=C(CBr)Nc1ccc(Sc2ncn[nH]2)cc1. The van der Waals surface area contributed by atoms with Crippen molar-refractivity contribution in [3.05, 3.63) is 30.6 Å². The molecule has 0 aliphatic carbocycles. The molecule has 2 aromatic rings. The fourth-order valence-electron chi connectivity index (χ4n) is 1.16. The van der Waals surface area contributed by atoms with Crippen molar-refractivity contribution in [1.82, 2.24) is 15.2 Å². The van der Waals surface area contributed by atoms with E-state index in [1.165, 1.54) is 18.1 Å². The molecule has 1 heterocycles. The van der Waals surface area contributed by atoms with Gasteiger partial charge in [0.2, 0.25) is 5.91 Å². The Labute approximate surface area is 111 Å². The average molecular weight is 313 g/mol. The van der Waals surface area contributed by atoms with Gasteiger partial charge >= 0.3 is 0 Å². The predicted molar refractivity (Wildman–Crippen MR) is 69.4 cm³/mol. The van der Waals surface area contributed by atoms with E-state index < -0.39 is 0 Å². The molecule has 0 radical (unpaired) electrons. The molecule has 0 spiro atoms. The number of H-pyrrole nitrogens is 1. The standard InChI is InChI=1S/C10H9BrN4OS/c11-5-9(16)14-7-1-3-8(4-2-7)17-10-12-6-13-15-10/h1-4,6H,5H2,(H,14,16)(H,12,13,15). The van der Waals surface area contributed by atoms with Gasteiger partial charge in [-0.1, -0.05) is 27.7 Å². The summed E-state index contributed by atoms with van der Waals surface area (Å²) >= 11 is 4.57. The smallest absolute Gasteiger partial charge is 0.235 e. The summed E-state index contributed by atoms with van der Waals surface area (Å²) in [5.74, 6) is -0.0689. The second-order valence-corrected chi connectivity index (χ2v) is 4.72. The van der Waals surface area contributed by atoms with Crippen LogP contribution in [0.1, 0.15) is 0 Å². The molecule has 0 saturated carbocycles. The fourth-order valence-corrected chi connectivity index (χ4v) is 1.99. The molecule has 0 aliphatic rings. The topological polar surface area (TPSA) is 70.7 Å². The largest absolute Gasteiger partial charge is 0.325 e. The van der Waals surface area contributed by atoms with Crippen LogP contribution in [0.4, 0.5) is 5.69 Å². The monoisotopic (exact) mass is 312 g/mol. The van der Waals surface area contributed by atoms with Crippen molar-refractivity contribution in [3.8, 4) is 0 Å². The van der Waals surface area contributed by atoms with Crippen molar-refractivity contribution in [3.63, 3.8) is 0 Å². The van der Waals surface area contributed by atoms with Crippen LogP contribution in [0.5, 0.6) is 0 Å². The molecular formula is C10H9BrN4OS. The highest BCUT2D eigenvalue weighted by atomic mass is 79.9. The first-order valence-electron chi connectivity index (χ1n) is 4.77. The molecule has 5 nitrogen and oxygen atoms in total. The Bertz CT molecular complexity index is 486. The number of rotatable bonds is 4. The van der Waals surface area contributed by atoms with E-state index >= 15 is 0 Å². The van der Waals surface area contributed by atoms with Gasteiger partial charge in [-0.3, -0.25) is 9.89 Å². The Hall–Kier alpha value is -1.34. The predicted octanol–water partition coefficient (Wildman–Crippen LogP) is 2.29. The van der Waals surface area contributed by atoms with Crippen molar-refractivity contribution < 1.29 is 4.79 Å². The van der Waals surface area contributed by atoms with E-state index in [2.05, 4.69) is 36.4 Å². The van der Waals surface area contributed by atoms with E-state index in [1.54, 1.807) is 0 Å². The number of alkyl halides is 1. The molecular weight excluding hydrogens is 304 g/mol. The lowest BCUT2D eigenvalue weighted by atomic mass is 10.3. The Morgan fingerprint density at radius 2 is 2.18 bits per heavy atom. The number of amides is 1. The minimum Gasteiger partial charge on any atom is -0.325 e. The summed E-state index contributed by atoms with van der Waals surface area (Å²) in [4.78, 5) is 16.2. The number of halogens is 1. The molecule has 7 heteroatoms. The quantitative estimate of drug-likeness (QED) is 0.850. The van der Waals surface area contributed by atoms with Crippen LogP contribution in [0.25, 0.3) is 0 Å². The highest BCUT2D eigenvalue weighted by Gasteiger charge is 2.02. The first-order valence-corrected chi connectivity index (χ1v) is 6.71. The van der Waals surface area contributed by atoms with Crippen molar-refractivity contribution >= 4 is 39.3 Å². The summed E-state index contributed by atoms with van der Waals surface area (Å²) in [6.07, 6.45) is 1.47. The lowest BCUT2D eigenvalue weighted by Crippen LogP contribution is -2.11. The number of aromatic amines is 1. The van der Waals surface area contributed by atoms with Crippen molar-refractivity contribution in [2.45, 2.75) is 10.1 Å². The van der Waals surface area contributed by atoms with Crippen molar-refractivity contribution in [2.24, 2.45) is 0 Å². The minimum atomic E-state index is -0.0689. The van der Waals surface area contributed by atoms with Crippen LogP contribution >= 0.6 is 27.7 Å². The summed E-state index contributed by atoms with van der Waals surface area (Å²) in [6, 6.07) is 7.52. The van der Waals surface area contributed by atoms with E-state index in [4.69, 9.17) is 0 Å². The fraction of sp³-hybridized carbons (Fsp3) is 0.100. The van der Waals surface area contributed by atoms with Gasteiger partial charge in [0, 0.05) is 10.6 Å². The number of hydrogen-bond donors (Lipinski definition) is 2. The van der Waals surface area contributed by atoms with E-state index in [1.807, 2.05) is 24.3 Å². The zero-order chi connectivity index (χ0) is 12.1. The molecule has 2 rings (SSSR count). The number of nitrogens with one attached hydrogen (secondary N) is 2. The lowest BCUT2D eigenvalue weighted by Gasteiger charge is -2.03. The third-order valence-corrected chi connectivity index (χ3v) is 3.27. The van der Waals surface area contributed by atoms with Crippen molar-refractivity contribution in [1.29, 1.82) is 0 Å². The normalized spacial score (nSPS) is 10.2. The Morgan fingerprint density at radius 1 is 1.41 bits per heavy atom. The number of carbonyl (C=O) groups excluding carboxylic acids is 1. The van der Waals surface area contributed by atoms with Gasteiger partial charge in [0.15, 0.2) is 5.16 Å². The van der Waals surface area contributed by atoms with Gasteiger partial charge in [0.05, 0.1) is 5.33 Å². The molecule has 88 valence electrons. The number of aromatic nitrogens is 3. The summed E-state index contributed by atoms with van der Waals surface area (Å²) in [5, 5.41) is 10.3. The van der Waals surface area contributed by atoms with Crippen molar-refractivity contribution in [2.75, 3.05) is 10.6 Å². The van der Waals surface area contributed by atoms with Gasteiger partial charge in [-0.25, -0.2) is 4.98 Å². The van der Waals surface area contributed by atoms with E-state index in [-0.39, 0.29) is 5.91 Å². The molecule has 0 bridgehead atoms. The first-order chi connectivity index (χ1) is 8.28. The highest BCUT2D eigenvalue weighted by molar-refractivity contribution is 9.09. The van der Waals surface area contributed by atoms with Gasteiger partial charge in [-0.2, -0.15) is 5.10 Å². The van der Waals surface area contributed by atoms with Gasteiger partial charge in [-0.15, -0.1) is 0 Å². The molecule has 1 aromatic carbocycles. The highest BCUT2D eigenvalue weighted by Crippen LogP contribution is 2.25. The molecule has 2 N–H and O–H groups in total. The maximum absolute atomic E-state index is 11.1. The van der Waals surface area contributed by atoms with E-state index in [0.717, 1.165) is 15.7 Å². The van der Waals surface area contributed by atoms with Gasteiger partial charge in [0.25, 0.3) is 0 Å². The molecule has 0 fully saturated rings. The molecule has 0 saturated heterocycles. The van der Waals surface area contributed by atoms with Crippen LogP contribution in [-0.4, -0.2) is 26.4 Å². The van der Waals surface area contributed by atoms with Crippen LogP contribution in [0, 0.1) is 0 Å². The molecule has 0 atom stereocenters. The van der Waals surface area contributed by atoms with Crippen LogP contribution in [-0.2, 0) is 4.79 Å². The summed E-state index contributed by atoms with van der Waals surface area (Å²) in [7, 11) is 0. The van der Waals surface area contributed by atoms with Crippen LogP contribution in [0.2, 0.25) is 0 Å². The van der Waals surface area contributed by atoms with Gasteiger partial charge in [0.1, 0.15) is 6.33 Å².